The number of rotatable bonds is 4. The van der Waals surface area contributed by atoms with Gasteiger partial charge in [0.1, 0.15) is 5.41 Å². The van der Waals surface area contributed by atoms with Crippen molar-refractivity contribution in [3.63, 3.8) is 0 Å². The lowest BCUT2D eigenvalue weighted by atomic mass is 9.82. The van der Waals surface area contributed by atoms with Gasteiger partial charge in [0, 0.05) is 0 Å². The second-order valence-corrected chi connectivity index (χ2v) is 3.07. The summed E-state index contributed by atoms with van der Waals surface area (Å²) >= 11 is 0. The zero-order valence-corrected chi connectivity index (χ0v) is 7.55. The van der Waals surface area contributed by atoms with Crippen LogP contribution in [0.25, 0.3) is 0 Å². The van der Waals surface area contributed by atoms with Crippen LogP contribution in [0.1, 0.15) is 5.56 Å². The van der Waals surface area contributed by atoms with Gasteiger partial charge in [0.25, 0.3) is 0 Å². The SMILES string of the molecule is O=C(O)C(CO)(CO)c1ccccc1. The highest BCUT2D eigenvalue weighted by atomic mass is 16.4. The van der Waals surface area contributed by atoms with Crippen molar-refractivity contribution in [2.45, 2.75) is 5.41 Å². The van der Waals surface area contributed by atoms with Crippen LogP contribution >= 0.6 is 0 Å². The topological polar surface area (TPSA) is 77.8 Å². The van der Waals surface area contributed by atoms with Crippen LogP contribution in [0, 0.1) is 0 Å². The second kappa shape index (κ2) is 4.21. The number of benzene rings is 1. The number of carboxylic acids is 1. The molecule has 0 aliphatic heterocycles. The van der Waals surface area contributed by atoms with Crippen LogP contribution in [0.5, 0.6) is 0 Å². The van der Waals surface area contributed by atoms with Gasteiger partial charge in [-0.15, -0.1) is 0 Å². The molecule has 1 aromatic carbocycles. The van der Waals surface area contributed by atoms with Crippen LogP contribution in [-0.2, 0) is 10.2 Å². The van der Waals surface area contributed by atoms with E-state index in [1.54, 1.807) is 30.3 Å². The van der Waals surface area contributed by atoms with Gasteiger partial charge in [-0.05, 0) is 5.56 Å². The number of carbonyl (C=O) groups is 1. The summed E-state index contributed by atoms with van der Waals surface area (Å²) in [5, 5.41) is 27.1. The predicted molar refractivity (Wildman–Crippen MR) is 49.9 cm³/mol. The highest BCUT2D eigenvalue weighted by Crippen LogP contribution is 2.23. The summed E-state index contributed by atoms with van der Waals surface area (Å²) in [6.07, 6.45) is 0. The number of aliphatic hydroxyl groups excluding tert-OH is 2. The molecule has 4 nitrogen and oxygen atoms in total. The molecule has 76 valence electrons. The molecule has 0 saturated carbocycles. The Balaban J connectivity index is 3.18. The molecule has 0 saturated heterocycles. The summed E-state index contributed by atoms with van der Waals surface area (Å²) in [7, 11) is 0. The predicted octanol–water partition coefficient (Wildman–Crippen LogP) is -0.00640. The van der Waals surface area contributed by atoms with Crippen LogP contribution in [0.3, 0.4) is 0 Å². The molecule has 0 aromatic heterocycles. The summed E-state index contributed by atoms with van der Waals surface area (Å²) in [5.74, 6) is -1.23. The van der Waals surface area contributed by atoms with Crippen LogP contribution in [0.4, 0.5) is 0 Å². The summed E-state index contributed by atoms with van der Waals surface area (Å²) in [6.45, 7) is -1.24. The molecule has 0 amide bonds. The molecule has 1 rings (SSSR count). The molecule has 1 aromatic rings. The molecule has 0 aliphatic carbocycles. The maximum Gasteiger partial charge on any atom is 0.318 e. The van der Waals surface area contributed by atoms with E-state index < -0.39 is 24.6 Å². The van der Waals surface area contributed by atoms with E-state index in [1.165, 1.54) is 0 Å². The van der Waals surface area contributed by atoms with E-state index in [0.717, 1.165) is 0 Å². The van der Waals surface area contributed by atoms with Crippen molar-refractivity contribution < 1.29 is 20.1 Å². The third kappa shape index (κ3) is 1.62. The number of carboxylic acid groups (broad SMARTS) is 1. The first-order valence-electron chi connectivity index (χ1n) is 4.18. The minimum Gasteiger partial charge on any atom is -0.480 e. The molecule has 3 N–H and O–H groups in total. The van der Waals surface area contributed by atoms with Crippen molar-refractivity contribution >= 4 is 5.97 Å². The first kappa shape index (κ1) is 10.7. The smallest absolute Gasteiger partial charge is 0.318 e. The Morgan fingerprint density at radius 2 is 1.64 bits per heavy atom. The van der Waals surface area contributed by atoms with Crippen molar-refractivity contribution in [1.29, 1.82) is 0 Å². The lowest BCUT2D eigenvalue weighted by Gasteiger charge is -2.24. The van der Waals surface area contributed by atoms with Gasteiger partial charge in [-0.1, -0.05) is 30.3 Å². The Hall–Kier alpha value is -1.39. The molecule has 0 unspecified atom stereocenters. The van der Waals surface area contributed by atoms with Crippen LogP contribution < -0.4 is 0 Å². The van der Waals surface area contributed by atoms with Crippen LogP contribution in [0.2, 0.25) is 0 Å². The number of hydrogen-bond acceptors (Lipinski definition) is 3. The van der Waals surface area contributed by atoms with Crippen molar-refractivity contribution in [3.8, 4) is 0 Å². The van der Waals surface area contributed by atoms with Crippen molar-refractivity contribution in [2.24, 2.45) is 0 Å². The number of aliphatic carboxylic acids is 1. The average molecular weight is 196 g/mol. The zero-order chi connectivity index (χ0) is 10.6. The molecular weight excluding hydrogens is 184 g/mol. The molecule has 0 heterocycles. The first-order chi connectivity index (χ1) is 6.67. The Bertz CT molecular complexity index is 303. The normalized spacial score (nSPS) is 11.3. The fourth-order valence-corrected chi connectivity index (χ4v) is 1.25. The summed E-state index contributed by atoms with van der Waals surface area (Å²) in [4.78, 5) is 11.0. The van der Waals surface area contributed by atoms with Gasteiger partial charge in [-0.25, -0.2) is 0 Å². The van der Waals surface area contributed by atoms with Crippen molar-refractivity contribution in [3.05, 3.63) is 35.9 Å². The highest BCUT2D eigenvalue weighted by molar-refractivity contribution is 5.81. The molecule has 0 spiro atoms. The van der Waals surface area contributed by atoms with Gasteiger partial charge < -0.3 is 15.3 Å². The van der Waals surface area contributed by atoms with Gasteiger partial charge in [-0.3, -0.25) is 4.79 Å². The zero-order valence-electron chi connectivity index (χ0n) is 7.55. The van der Waals surface area contributed by atoms with E-state index in [1.807, 2.05) is 0 Å². The van der Waals surface area contributed by atoms with E-state index in [9.17, 15) is 4.79 Å². The quantitative estimate of drug-likeness (QED) is 0.633. The van der Waals surface area contributed by atoms with Gasteiger partial charge in [0.2, 0.25) is 0 Å². The Morgan fingerprint density at radius 3 is 2.00 bits per heavy atom. The van der Waals surface area contributed by atoms with E-state index in [2.05, 4.69) is 0 Å². The van der Waals surface area contributed by atoms with Gasteiger partial charge in [-0.2, -0.15) is 0 Å². The van der Waals surface area contributed by atoms with E-state index in [-0.39, 0.29) is 0 Å². The molecule has 4 heteroatoms. The number of aliphatic hydroxyl groups is 2. The third-order valence-electron chi connectivity index (χ3n) is 2.28. The molecule has 14 heavy (non-hydrogen) atoms. The fourth-order valence-electron chi connectivity index (χ4n) is 1.25. The van der Waals surface area contributed by atoms with Gasteiger partial charge in [0.15, 0.2) is 0 Å². The van der Waals surface area contributed by atoms with E-state index in [0.29, 0.717) is 5.56 Å². The Kier molecular flexibility index (Phi) is 3.22. The highest BCUT2D eigenvalue weighted by Gasteiger charge is 2.39. The molecule has 0 fully saturated rings. The van der Waals surface area contributed by atoms with Gasteiger partial charge >= 0.3 is 5.97 Å². The first-order valence-corrected chi connectivity index (χ1v) is 4.18. The van der Waals surface area contributed by atoms with Crippen molar-refractivity contribution in [1.82, 2.24) is 0 Å². The maximum absolute atomic E-state index is 11.0. The van der Waals surface area contributed by atoms with Crippen LogP contribution in [0.15, 0.2) is 30.3 Å². The molecular formula is C10H12O4. The summed E-state index contributed by atoms with van der Waals surface area (Å²) in [6, 6.07) is 8.21. The summed E-state index contributed by atoms with van der Waals surface area (Å²) in [5.41, 5.74) is -1.20. The molecule has 0 bridgehead atoms. The molecule has 0 atom stereocenters. The van der Waals surface area contributed by atoms with E-state index in [4.69, 9.17) is 15.3 Å². The maximum atomic E-state index is 11.0. The standard InChI is InChI=1S/C10H12O4/c11-6-10(7-12,9(13)14)8-4-2-1-3-5-8/h1-5,11-12H,6-7H2,(H,13,14). The average Bonchev–Trinajstić information content (AvgIpc) is 2.22. The third-order valence-corrected chi connectivity index (χ3v) is 2.28. The largest absolute Gasteiger partial charge is 0.480 e. The molecule has 0 aliphatic rings. The summed E-state index contributed by atoms with van der Waals surface area (Å²) < 4.78 is 0. The second-order valence-electron chi connectivity index (χ2n) is 3.07. The number of hydrogen-bond donors (Lipinski definition) is 3. The lowest BCUT2D eigenvalue weighted by Crippen LogP contribution is -2.43. The molecule has 0 radical (unpaired) electrons. The Morgan fingerprint density at radius 1 is 1.14 bits per heavy atom. The van der Waals surface area contributed by atoms with Crippen LogP contribution in [-0.4, -0.2) is 34.5 Å². The minimum atomic E-state index is -1.60. The monoisotopic (exact) mass is 196 g/mol. The van der Waals surface area contributed by atoms with E-state index >= 15 is 0 Å². The lowest BCUT2D eigenvalue weighted by molar-refractivity contribution is -0.147. The van der Waals surface area contributed by atoms with Gasteiger partial charge in [0.05, 0.1) is 13.2 Å². The fraction of sp³-hybridized carbons (Fsp3) is 0.300. The van der Waals surface area contributed by atoms with Crippen molar-refractivity contribution in [2.75, 3.05) is 13.2 Å². The Labute approximate surface area is 81.4 Å². The minimum absolute atomic E-state index is 0.400.